The minimum absolute atomic E-state index is 0.176. The molecular formula is C25H26N4O4. The van der Waals surface area contributed by atoms with E-state index in [0.717, 1.165) is 34.3 Å². The number of hydrogen-bond acceptors (Lipinski definition) is 4. The molecule has 8 heteroatoms. The van der Waals surface area contributed by atoms with Crippen molar-refractivity contribution in [3.8, 4) is 5.75 Å². The number of aromatic amines is 1. The van der Waals surface area contributed by atoms with Crippen LogP contribution in [0.1, 0.15) is 41.9 Å². The largest absolute Gasteiger partial charge is 0.497 e. The first kappa shape index (κ1) is 21.1. The predicted octanol–water partition coefficient (Wildman–Crippen LogP) is 3.56. The van der Waals surface area contributed by atoms with Gasteiger partial charge in [-0.3, -0.25) is 9.59 Å². The fraction of sp³-hybridized carbons (Fsp3) is 0.320. The molecular weight excluding hydrogens is 420 g/mol. The van der Waals surface area contributed by atoms with Gasteiger partial charge in [0.1, 0.15) is 5.75 Å². The van der Waals surface area contributed by atoms with Gasteiger partial charge in [0.05, 0.1) is 18.5 Å². The van der Waals surface area contributed by atoms with Gasteiger partial charge in [-0.2, -0.15) is 0 Å². The normalized spacial score (nSPS) is 19.6. The van der Waals surface area contributed by atoms with Crippen LogP contribution >= 0.6 is 0 Å². The van der Waals surface area contributed by atoms with Gasteiger partial charge in [-0.1, -0.05) is 6.92 Å². The Balaban J connectivity index is 1.52. The molecule has 2 N–H and O–H groups in total. The molecule has 2 aliphatic rings. The minimum Gasteiger partial charge on any atom is -0.497 e. The molecule has 8 nitrogen and oxygen atoms in total. The number of aromatic nitrogens is 1. The summed E-state index contributed by atoms with van der Waals surface area (Å²) >= 11 is 0. The molecule has 2 aromatic carbocycles. The van der Waals surface area contributed by atoms with Gasteiger partial charge in [0, 0.05) is 29.6 Å². The first-order chi connectivity index (χ1) is 15.9. The van der Waals surface area contributed by atoms with Crippen LogP contribution in [0.2, 0.25) is 0 Å². The summed E-state index contributed by atoms with van der Waals surface area (Å²) in [4.78, 5) is 45.5. The SMILES string of the molecule is CCCNC(=O)c1ccc(N2C(=O)N3CCc4c([nH]c5ccc(OC)cc45)C3(C)C2=O)cc1. The van der Waals surface area contributed by atoms with Crippen LogP contribution in [-0.4, -0.2) is 47.9 Å². The van der Waals surface area contributed by atoms with Crippen LogP contribution in [0.15, 0.2) is 42.5 Å². The lowest BCUT2D eigenvalue weighted by molar-refractivity contribution is -0.125. The second-order valence-corrected chi connectivity index (χ2v) is 8.59. The van der Waals surface area contributed by atoms with Crippen LogP contribution in [0.5, 0.6) is 5.75 Å². The molecule has 5 rings (SSSR count). The monoisotopic (exact) mass is 446 g/mol. The summed E-state index contributed by atoms with van der Waals surface area (Å²) in [6.07, 6.45) is 1.49. The molecule has 1 aromatic heterocycles. The molecule has 3 aromatic rings. The molecule has 33 heavy (non-hydrogen) atoms. The molecule has 170 valence electrons. The highest BCUT2D eigenvalue weighted by atomic mass is 16.5. The van der Waals surface area contributed by atoms with E-state index in [1.165, 1.54) is 4.90 Å². The number of nitrogens with zero attached hydrogens (tertiary/aromatic N) is 2. The number of fused-ring (bicyclic) bond motifs is 5. The maximum Gasteiger partial charge on any atom is 0.332 e. The number of anilines is 1. The van der Waals surface area contributed by atoms with Gasteiger partial charge < -0.3 is 19.9 Å². The Hall–Kier alpha value is -3.81. The zero-order valence-corrected chi connectivity index (χ0v) is 18.9. The van der Waals surface area contributed by atoms with Crippen LogP contribution in [0.4, 0.5) is 10.5 Å². The van der Waals surface area contributed by atoms with Crippen molar-refractivity contribution in [2.75, 3.05) is 25.1 Å². The lowest BCUT2D eigenvalue weighted by Crippen LogP contribution is -2.49. The zero-order chi connectivity index (χ0) is 23.3. The Morgan fingerprint density at radius 3 is 2.64 bits per heavy atom. The summed E-state index contributed by atoms with van der Waals surface area (Å²) in [5, 5.41) is 3.83. The molecule has 0 aliphatic carbocycles. The summed E-state index contributed by atoms with van der Waals surface area (Å²) in [5.41, 5.74) is 2.50. The Labute approximate surface area is 191 Å². The van der Waals surface area contributed by atoms with Gasteiger partial charge >= 0.3 is 6.03 Å². The van der Waals surface area contributed by atoms with Crippen LogP contribution in [-0.2, 0) is 16.8 Å². The van der Waals surface area contributed by atoms with Gasteiger partial charge in [-0.25, -0.2) is 9.69 Å². The maximum atomic E-state index is 13.7. The summed E-state index contributed by atoms with van der Waals surface area (Å²) in [7, 11) is 1.62. The van der Waals surface area contributed by atoms with E-state index in [1.807, 2.05) is 25.1 Å². The van der Waals surface area contributed by atoms with Crippen LogP contribution in [0, 0.1) is 0 Å². The molecule has 0 saturated carbocycles. The smallest absolute Gasteiger partial charge is 0.332 e. The molecule has 0 bridgehead atoms. The third-order valence-corrected chi connectivity index (χ3v) is 6.69. The molecule has 2 aliphatic heterocycles. The number of benzene rings is 2. The van der Waals surface area contributed by atoms with Crippen molar-refractivity contribution in [3.63, 3.8) is 0 Å². The summed E-state index contributed by atoms with van der Waals surface area (Å²) in [6, 6.07) is 12.0. The lowest BCUT2D eigenvalue weighted by atomic mass is 9.87. The molecule has 1 fully saturated rings. The minimum atomic E-state index is -1.13. The number of methoxy groups -OCH3 is 1. The number of imide groups is 1. The third kappa shape index (κ3) is 3.01. The van der Waals surface area contributed by atoms with Crippen LogP contribution in [0.3, 0.4) is 0 Å². The number of hydrogen-bond donors (Lipinski definition) is 2. The maximum absolute atomic E-state index is 13.7. The van der Waals surface area contributed by atoms with Crippen molar-refractivity contribution in [1.82, 2.24) is 15.2 Å². The van der Waals surface area contributed by atoms with Crippen LogP contribution < -0.4 is 15.0 Å². The Morgan fingerprint density at radius 1 is 1.18 bits per heavy atom. The number of H-pyrrole nitrogens is 1. The van der Waals surface area contributed by atoms with E-state index < -0.39 is 5.54 Å². The number of amides is 4. The Bertz CT molecular complexity index is 1280. The summed E-state index contributed by atoms with van der Waals surface area (Å²) in [5.74, 6) is 0.260. The van der Waals surface area contributed by atoms with E-state index in [9.17, 15) is 14.4 Å². The predicted molar refractivity (Wildman–Crippen MR) is 125 cm³/mol. The standard InChI is InChI=1S/C25H26N4O4/c1-4-12-26-22(30)15-5-7-16(8-6-15)29-23(31)25(2)21-18(11-13-28(25)24(29)32)19-14-17(33-3)9-10-20(19)27-21/h5-10,14,27H,4,11-13H2,1-3H3,(H,26,30). The second-order valence-electron chi connectivity index (χ2n) is 8.59. The van der Waals surface area contributed by atoms with Crippen molar-refractivity contribution in [2.45, 2.75) is 32.2 Å². The van der Waals surface area contributed by atoms with Gasteiger partial charge in [-0.05, 0) is 67.8 Å². The fourth-order valence-corrected chi connectivity index (χ4v) is 4.88. The topological polar surface area (TPSA) is 94.7 Å². The zero-order valence-electron chi connectivity index (χ0n) is 18.9. The molecule has 3 heterocycles. The van der Waals surface area contributed by atoms with E-state index in [0.29, 0.717) is 30.8 Å². The van der Waals surface area contributed by atoms with Gasteiger partial charge in [0.2, 0.25) is 0 Å². The van der Waals surface area contributed by atoms with Crippen molar-refractivity contribution in [1.29, 1.82) is 0 Å². The Morgan fingerprint density at radius 2 is 1.94 bits per heavy atom. The number of carbonyl (C=O) groups excluding carboxylic acids is 3. The van der Waals surface area contributed by atoms with E-state index in [4.69, 9.17) is 4.74 Å². The van der Waals surface area contributed by atoms with Gasteiger partial charge in [0.25, 0.3) is 11.8 Å². The van der Waals surface area contributed by atoms with Crippen molar-refractivity contribution in [2.24, 2.45) is 0 Å². The quantitative estimate of drug-likeness (QED) is 0.586. The third-order valence-electron chi connectivity index (χ3n) is 6.69. The van der Waals surface area contributed by atoms with Crippen molar-refractivity contribution >= 4 is 34.4 Å². The van der Waals surface area contributed by atoms with Gasteiger partial charge in [0.15, 0.2) is 5.54 Å². The second kappa shape index (κ2) is 7.65. The van der Waals surface area contributed by atoms with Gasteiger partial charge in [-0.15, -0.1) is 0 Å². The molecule has 1 atom stereocenters. The van der Waals surface area contributed by atoms with E-state index in [1.54, 1.807) is 43.2 Å². The van der Waals surface area contributed by atoms with Crippen molar-refractivity contribution in [3.05, 3.63) is 59.3 Å². The first-order valence-electron chi connectivity index (χ1n) is 11.1. The highest BCUT2D eigenvalue weighted by Crippen LogP contribution is 2.45. The van der Waals surface area contributed by atoms with E-state index >= 15 is 0 Å². The molecule has 4 amide bonds. The summed E-state index contributed by atoms with van der Waals surface area (Å²) in [6.45, 7) is 4.81. The number of nitrogens with one attached hydrogen (secondary N) is 2. The van der Waals surface area contributed by atoms with Crippen LogP contribution in [0.25, 0.3) is 10.9 Å². The first-order valence-corrected chi connectivity index (χ1v) is 11.1. The number of urea groups is 1. The highest BCUT2D eigenvalue weighted by Gasteiger charge is 2.59. The average molecular weight is 447 g/mol. The van der Waals surface area contributed by atoms with E-state index in [2.05, 4.69) is 10.3 Å². The molecule has 0 spiro atoms. The molecule has 1 saturated heterocycles. The molecule has 0 radical (unpaired) electrons. The highest BCUT2D eigenvalue weighted by molar-refractivity contribution is 6.23. The fourth-order valence-electron chi connectivity index (χ4n) is 4.88. The summed E-state index contributed by atoms with van der Waals surface area (Å²) < 4.78 is 5.37. The average Bonchev–Trinajstić information content (AvgIpc) is 3.30. The number of carbonyl (C=O) groups is 3. The van der Waals surface area contributed by atoms with E-state index in [-0.39, 0.29) is 17.8 Å². The molecule has 1 unspecified atom stereocenters. The lowest BCUT2D eigenvalue weighted by Gasteiger charge is -2.35. The number of ether oxygens (including phenoxy) is 1. The number of rotatable bonds is 5. The Kier molecular flexibility index (Phi) is 4.88. The van der Waals surface area contributed by atoms with Crippen molar-refractivity contribution < 1.29 is 19.1 Å².